The Labute approximate surface area is 102 Å². The SMILES string of the molecule is Cc1ccccc1CCC(O)Cc1ccoc1. The molecule has 1 aromatic carbocycles. The zero-order valence-corrected chi connectivity index (χ0v) is 10.1. The molecule has 2 heteroatoms. The molecule has 0 aliphatic carbocycles. The van der Waals surface area contributed by atoms with Crippen molar-refractivity contribution in [2.24, 2.45) is 0 Å². The van der Waals surface area contributed by atoms with E-state index in [-0.39, 0.29) is 6.10 Å². The van der Waals surface area contributed by atoms with Crippen LogP contribution in [-0.4, -0.2) is 11.2 Å². The van der Waals surface area contributed by atoms with E-state index in [0.29, 0.717) is 6.42 Å². The Hall–Kier alpha value is -1.54. The van der Waals surface area contributed by atoms with Gasteiger partial charge in [-0.1, -0.05) is 24.3 Å². The Morgan fingerprint density at radius 3 is 2.76 bits per heavy atom. The lowest BCUT2D eigenvalue weighted by molar-refractivity contribution is 0.165. The highest BCUT2D eigenvalue weighted by molar-refractivity contribution is 5.25. The fourth-order valence-electron chi connectivity index (χ4n) is 2.00. The van der Waals surface area contributed by atoms with E-state index in [1.54, 1.807) is 12.5 Å². The first-order chi connectivity index (χ1) is 8.25. The number of benzene rings is 1. The molecule has 0 saturated heterocycles. The molecule has 2 aromatic rings. The molecule has 0 bridgehead atoms. The number of aliphatic hydroxyl groups excluding tert-OH is 1. The van der Waals surface area contributed by atoms with Crippen LogP contribution in [0, 0.1) is 6.92 Å². The van der Waals surface area contributed by atoms with Crippen molar-refractivity contribution in [2.75, 3.05) is 0 Å². The predicted molar refractivity (Wildman–Crippen MR) is 67.9 cm³/mol. The van der Waals surface area contributed by atoms with Gasteiger partial charge in [0, 0.05) is 6.42 Å². The molecule has 0 aliphatic rings. The van der Waals surface area contributed by atoms with Crippen molar-refractivity contribution in [1.82, 2.24) is 0 Å². The summed E-state index contributed by atoms with van der Waals surface area (Å²) in [6.07, 6.45) is 5.41. The van der Waals surface area contributed by atoms with Crippen LogP contribution in [0.15, 0.2) is 47.3 Å². The summed E-state index contributed by atoms with van der Waals surface area (Å²) in [5.41, 5.74) is 3.67. The van der Waals surface area contributed by atoms with Crippen molar-refractivity contribution in [1.29, 1.82) is 0 Å². The van der Waals surface area contributed by atoms with Gasteiger partial charge < -0.3 is 9.52 Å². The van der Waals surface area contributed by atoms with Gasteiger partial charge in [-0.25, -0.2) is 0 Å². The third-order valence-corrected chi connectivity index (χ3v) is 3.06. The summed E-state index contributed by atoms with van der Waals surface area (Å²) >= 11 is 0. The molecule has 2 nitrogen and oxygen atoms in total. The van der Waals surface area contributed by atoms with Gasteiger partial charge in [-0.3, -0.25) is 0 Å². The Morgan fingerprint density at radius 1 is 1.24 bits per heavy atom. The highest BCUT2D eigenvalue weighted by Crippen LogP contribution is 2.13. The van der Waals surface area contributed by atoms with Crippen LogP contribution < -0.4 is 0 Å². The fraction of sp³-hybridized carbons (Fsp3) is 0.333. The number of furan rings is 1. The predicted octanol–water partition coefficient (Wildman–Crippen LogP) is 3.12. The monoisotopic (exact) mass is 230 g/mol. The van der Waals surface area contributed by atoms with E-state index in [2.05, 4.69) is 19.1 Å². The van der Waals surface area contributed by atoms with Gasteiger partial charge in [0.15, 0.2) is 0 Å². The van der Waals surface area contributed by atoms with Crippen molar-refractivity contribution in [2.45, 2.75) is 32.3 Å². The van der Waals surface area contributed by atoms with Crippen LogP contribution in [-0.2, 0) is 12.8 Å². The van der Waals surface area contributed by atoms with Crippen molar-refractivity contribution < 1.29 is 9.52 Å². The molecule has 90 valence electrons. The lowest BCUT2D eigenvalue weighted by Gasteiger charge is -2.10. The second-order valence-corrected chi connectivity index (χ2v) is 4.45. The lowest BCUT2D eigenvalue weighted by atomic mass is 10.00. The molecule has 0 saturated carbocycles. The first kappa shape index (κ1) is 11.9. The molecule has 17 heavy (non-hydrogen) atoms. The highest BCUT2D eigenvalue weighted by atomic mass is 16.3. The Bertz CT molecular complexity index is 446. The molecule has 0 spiro atoms. The van der Waals surface area contributed by atoms with Gasteiger partial charge in [0.05, 0.1) is 18.6 Å². The largest absolute Gasteiger partial charge is 0.472 e. The van der Waals surface area contributed by atoms with E-state index in [4.69, 9.17) is 4.42 Å². The van der Waals surface area contributed by atoms with Crippen molar-refractivity contribution >= 4 is 0 Å². The Balaban J connectivity index is 1.84. The second kappa shape index (κ2) is 5.69. The average molecular weight is 230 g/mol. The molecule has 0 radical (unpaired) electrons. The molecular weight excluding hydrogens is 212 g/mol. The first-order valence-corrected chi connectivity index (χ1v) is 5.99. The maximum atomic E-state index is 9.93. The summed E-state index contributed by atoms with van der Waals surface area (Å²) < 4.78 is 4.99. The van der Waals surface area contributed by atoms with Crippen LogP contribution in [0.2, 0.25) is 0 Å². The van der Waals surface area contributed by atoms with Crippen LogP contribution in [0.4, 0.5) is 0 Å². The van der Waals surface area contributed by atoms with Gasteiger partial charge in [-0.15, -0.1) is 0 Å². The zero-order valence-electron chi connectivity index (χ0n) is 10.1. The van der Waals surface area contributed by atoms with Gasteiger partial charge in [-0.2, -0.15) is 0 Å². The van der Waals surface area contributed by atoms with Gasteiger partial charge in [0.1, 0.15) is 0 Å². The molecule has 1 atom stereocenters. The average Bonchev–Trinajstić information content (AvgIpc) is 2.81. The lowest BCUT2D eigenvalue weighted by Crippen LogP contribution is -2.11. The quantitative estimate of drug-likeness (QED) is 0.856. The van der Waals surface area contributed by atoms with Crippen LogP contribution >= 0.6 is 0 Å². The topological polar surface area (TPSA) is 33.4 Å². The number of aliphatic hydroxyl groups is 1. The minimum atomic E-state index is -0.299. The Morgan fingerprint density at radius 2 is 2.06 bits per heavy atom. The smallest absolute Gasteiger partial charge is 0.0935 e. The highest BCUT2D eigenvalue weighted by Gasteiger charge is 2.07. The van der Waals surface area contributed by atoms with Crippen LogP contribution in [0.25, 0.3) is 0 Å². The van der Waals surface area contributed by atoms with Crippen LogP contribution in [0.1, 0.15) is 23.1 Å². The summed E-state index contributed by atoms with van der Waals surface area (Å²) in [4.78, 5) is 0. The maximum Gasteiger partial charge on any atom is 0.0935 e. The third kappa shape index (κ3) is 3.46. The molecule has 0 amide bonds. The minimum absolute atomic E-state index is 0.299. The summed E-state index contributed by atoms with van der Waals surface area (Å²) in [7, 11) is 0. The Kier molecular flexibility index (Phi) is 3.99. The first-order valence-electron chi connectivity index (χ1n) is 5.99. The molecule has 0 fully saturated rings. The van der Waals surface area contributed by atoms with E-state index in [1.807, 2.05) is 18.2 Å². The number of hydrogen-bond donors (Lipinski definition) is 1. The summed E-state index contributed by atoms with van der Waals surface area (Å²) in [5.74, 6) is 0. The van der Waals surface area contributed by atoms with Crippen molar-refractivity contribution in [3.05, 3.63) is 59.5 Å². The van der Waals surface area contributed by atoms with Crippen molar-refractivity contribution in [3.63, 3.8) is 0 Å². The molecular formula is C15H18O2. The molecule has 2 rings (SSSR count). The molecule has 1 unspecified atom stereocenters. The van der Waals surface area contributed by atoms with E-state index in [9.17, 15) is 5.11 Å². The fourth-order valence-corrected chi connectivity index (χ4v) is 2.00. The van der Waals surface area contributed by atoms with Gasteiger partial charge in [0.2, 0.25) is 0 Å². The number of hydrogen-bond acceptors (Lipinski definition) is 2. The normalized spacial score (nSPS) is 12.6. The van der Waals surface area contributed by atoms with Gasteiger partial charge in [-0.05, 0) is 42.5 Å². The molecule has 0 aliphatic heterocycles. The minimum Gasteiger partial charge on any atom is -0.472 e. The van der Waals surface area contributed by atoms with E-state index in [0.717, 1.165) is 18.4 Å². The number of rotatable bonds is 5. The van der Waals surface area contributed by atoms with E-state index < -0.39 is 0 Å². The second-order valence-electron chi connectivity index (χ2n) is 4.45. The van der Waals surface area contributed by atoms with Gasteiger partial charge >= 0.3 is 0 Å². The maximum absolute atomic E-state index is 9.93. The van der Waals surface area contributed by atoms with Crippen LogP contribution in [0.3, 0.4) is 0 Å². The van der Waals surface area contributed by atoms with E-state index in [1.165, 1.54) is 11.1 Å². The van der Waals surface area contributed by atoms with Gasteiger partial charge in [0.25, 0.3) is 0 Å². The zero-order chi connectivity index (χ0) is 12.1. The summed E-state index contributed by atoms with van der Waals surface area (Å²) in [6, 6.07) is 10.2. The molecule has 1 N–H and O–H groups in total. The molecule has 1 heterocycles. The third-order valence-electron chi connectivity index (χ3n) is 3.06. The molecule has 1 aromatic heterocycles. The van der Waals surface area contributed by atoms with E-state index >= 15 is 0 Å². The summed E-state index contributed by atoms with van der Waals surface area (Å²) in [6.45, 7) is 2.11. The summed E-state index contributed by atoms with van der Waals surface area (Å²) in [5, 5.41) is 9.93. The number of aryl methyl sites for hydroxylation is 2. The standard InChI is InChI=1S/C15H18O2/c1-12-4-2-3-5-14(12)6-7-15(16)10-13-8-9-17-11-13/h2-5,8-9,11,15-16H,6-7,10H2,1H3. The van der Waals surface area contributed by atoms with Crippen molar-refractivity contribution in [3.8, 4) is 0 Å². The van der Waals surface area contributed by atoms with Crippen LogP contribution in [0.5, 0.6) is 0 Å².